The molecule has 0 aliphatic carbocycles. The molecular formula is C10H15N3O2S. The number of rotatable bonds is 2. The predicted octanol–water partition coefficient (Wildman–Crippen LogP) is 0.694. The van der Waals surface area contributed by atoms with Gasteiger partial charge in [0.25, 0.3) is 10.0 Å². The van der Waals surface area contributed by atoms with Gasteiger partial charge in [-0.1, -0.05) is 6.92 Å². The average Bonchev–Trinajstić information content (AvgIpc) is 2.66. The van der Waals surface area contributed by atoms with E-state index in [0.29, 0.717) is 19.0 Å². The van der Waals surface area contributed by atoms with Crippen LogP contribution in [0.2, 0.25) is 0 Å². The second-order valence-electron chi connectivity index (χ2n) is 4.15. The van der Waals surface area contributed by atoms with Gasteiger partial charge in [0.15, 0.2) is 5.03 Å². The lowest BCUT2D eigenvalue weighted by Gasteiger charge is -2.16. The maximum Gasteiger partial charge on any atom is 0.262 e. The van der Waals surface area contributed by atoms with Gasteiger partial charge in [-0.05, 0) is 24.5 Å². The number of hydrogen-bond acceptors (Lipinski definition) is 4. The van der Waals surface area contributed by atoms with Gasteiger partial charge < -0.3 is 5.73 Å². The molecule has 1 unspecified atom stereocenters. The Balaban J connectivity index is 2.36. The van der Waals surface area contributed by atoms with E-state index >= 15 is 0 Å². The van der Waals surface area contributed by atoms with Crippen LogP contribution in [0.1, 0.15) is 13.3 Å². The Morgan fingerprint density at radius 3 is 2.88 bits per heavy atom. The fourth-order valence-electron chi connectivity index (χ4n) is 1.85. The monoisotopic (exact) mass is 241 g/mol. The predicted molar refractivity (Wildman–Crippen MR) is 61.2 cm³/mol. The zero-order valence-corrected chi connectivity index (χ0v) is 9.94. The Bertz CT molecular complexity index is 487. The molecule has 0 spiro atoms. The molecule has 5 nitrogen and oxygen atoms in total. The quantitative estimate of drug-likeness (QED) is 0.826. The number of anilines is 1. The molecule has 1 aromatic rings. The van der Waals surface area contributed by atoms with Crippen LogP contribution in [-0.4, -0.2) is 30.8 Å². The molecule has 1 aliphatic rings. The van der Waals surface area contributed by atoms with E-state index in [-0.39, 0.29) is 10.7 Å². The molecular weight excluding hydrogens is 226 g/mol. The highest BCUT2D eigenvalue weighted by Gasteiger charge is 2.32. The van der Waals surface area contributed by atoms with Crippen molar-refractivity contribution in [1.82, 2.24) is 9.29 Å². The first-order valence-electron chi connectivity index (χ1n) is 5.22. The van der Waals surface area contributed by atoms with Gasteiger partial charge in [-0.25, -0.2) is 13.4 Å². The molecule has 0 aromatic carbocycles. The van der Waals surface area contributed by atoms with Crippen molar-refractivity contribution in [1.29, 1.82) is 0 Å². The number of pyridine rings is 1. The van der Waals surface area contributed by atoms with Crippen LogP contribution in [0.5, 0.6) is 0 Å². The molecule has 1 fully saturated rings. The van der Waals surface area contributed by atoms with Crippen molar-refractivity contribution < 1.29 is 8.42 Å². The summed E-state index contributed by atoms with van der Waals surface area (Å²) in [7, 11) is -3.51. The third kappa shape index (κ3) is 1.90. The molecule has 0 radical (unpaired) electrons. The van der Waals surface area contributed by atoms with Gasteiger partial charge in [0, 0.05) is 19.3 Å². The second-order valence-corrected chi connectivity index (χ2v) is 6.01. The van der Waals surface area contributed by atoms with Gasteiger partial charge in [0.05, 0.1) is 5.69 Å². The molecule has 0 amide bonds. The van der Waals surface area contributed by atoms with Crippen molar-refractivity contribution >= 4 is 15.7 Å². The van der Waals surface area contributed by atoms with Crippen molar-refractivity contribution in [2.75, 3.05) is 18.8 Å². The Labute approximate surface area is 95.3 Å². The smallest absolute Gasteiger partial charge is 0.262 e. The van der Waals surface area contributed by atoms with Crippen LogP contribution in [0.4, 0.5) is 5.69 Å². The van der Waals surface area contributed by atoms with Gasteiger partial charge in [0.1, 0.15) is 0 Å². The van der Waals surface area contributed by atoms with Crippen molar-refractivity contribution in [3.8, 4) is 0 Å². The van der Waals surface area contributed by atoms with Crippen molar-refractivity contribution in [2.45, 2.75) is 18.4 Å². The van der Waals surface area contributed by atoms with E-state index in [1.807, 2.05) is 6.92 Å². The van der Waals surface area contributed by atoms with Crippen LogP contribution in [0, 0.1) is 5.92 Å². The molecule has 2 N–H and O–H groups in total. The maximum absolute atomic E-state index is 12.2. The number of sulfonamides is 1. The lowest BCUT2D eigenvalue weighted by atomic mass is 10.2. The van der Waals surface area contributed by atoms with Gasteiger partial charge in [-0.3, -0.25) is 0 Å². The van der Waals surface area contributed by atoms with Crippen LogP contribution in [0.15, 0.2) is 23.4 Å². The standard InChI is InChI=1S/C10H15N3O2S/c1-8-4-6-13(7-8)16(14,15)10-9(11)3-2-5-12-10/h2-3,5,8H,4,6-7,11H2,1H3. The van der Waals surface area contributed by atoms with Crippen LogP contribution in [-0.2, 0) is 10.0 Å². The van der Waals surface area contributed by atoms with Gasteiger partial charge in [-0.15, -0.1) is 0 Å². The first kappa shape index (κ1) is 11.3. The number of nitrogen functional groups attached to an aromatic ring is 1. The molecule has 0 saturated carbocycles. The lowest BCUT2D eigenvalue weighted by Crippen LogP contribution is -2.30. The Hall–Kier alpha value is -1.14. The lowest BCUT2D eigenvalue weighted by molar-refractivity contribution is 0.462. The Morgan fingerprint density at radius 2 is 2.31 bits per heavy atom. The van der Waals surface area contributed by atoms with Crippen LogP contribution in [0.25, 0.3) is 0 Å². The van der Waals surface area contributed by atoms with E-state index in [1.165, 1.54) is 10.5 Å². The molecule has 2 heterocycles. The van der Waals surface area contributed by atoms with Gasteiger partial charge >= 0.3 is 0 Å². The minimum Gasteiger partial charge on any atom is -0.396 e. The number of nitrogens with zero attached hydrogens (tertiary/aromatic N) is 2. The Kier molecular flexibility index (Phi) is 2.86. The minimum absolute atomic E-state index is 0.0240. The summed E-state index contributed by atoms with van der Waals surface area (Å²) >= 11 is 0. The molecule has 1 atom stereocenters. The highest BCUT2D eigenvalue weighted by molar-refractivity contribution is 7.89. The van der Waals surface area contributed by atoms with Gasteiger partial charge in [0.2, 0.25) is 0 Å². The molecule has 0 bridgehead atoms. The number of nitrogens with two attached hydrogens (primary N) is 1. The summed E-state index contributed by atoms with van der Waals surface area (Å²) < 4.78 is 25.8. The third-order valence-electron chi connectivity index (χ3n) is 2.77. The average molecular weight is 241 g/mol. The summed E-state index contributed by atoms with van der Waals surface area (Å²) in [5.74, 6) is 0.403. The summed E-state index contributed by atoms with van der Waals surface area (Å²) in [6, 6.07) is 3.18. The summed E-state index contributed by atoms with van der Waals surface area (Å²) in [6.07, 6.45) is 2.34. The van der Waals surface area contributed by atoms with E-state index in [2.05, 4.69) is 4.98 Å². The van der Waals surface area contributed by atoms with Crippen LogP contribution in [0.3, 0.4) is 0 Å². The van der Waals surface area contributed by atoms with E-state index in [4.69, 9.17) is 5.73 Å². The molecule has 88 valence electrons. The van der Waals surface area contributed by atoms with Crippen molar-refractivity contribution in [2.24, 2.45) is 5.92 Å². The number of aromatic nitrogens is 1. The highest BCUT2D eigenvalue weighted by Crippen LogP contribution is 2.25. The molecule has 1 aliphatic heterocycles. The molecule has 1 aromatic heterocycles. The van der Waals surface area contributed by atoms with E-state index in [9.17, 15) is 8.42 Å². The van der Waals surface area contributed by atoms with Crippen molar-refractivity contribution in [3.63, 3.8) is 0 Å². The highest BCUT2D eigenvalue weighted by atomic mass is 32.2. The Morgan fingerprint density at radius 1 is 1.56 bits per heavy atom. The zero-order chi connectivity index (χ0) is 11.8. The topological polar surface area (TPSA) is 76.3 Å². The molecule has 16 heavy (non-hydrogen) atoms. The largest absolute Gasteiger partial charge is 0.396 e. The maximum atomic E-state index is 12.2. The molecule has 6 heteroatoms. The van der Waals surface area contributed by atoms with Gasteiger partial charge in [-0.2, -0.15) is 4.31 Å². The van der Waals surface area contributed by atoms with Crippen molar-refractivity contribution in [3.05, 3.63) is 18.3 Å². The van der Waals surface area contributed by atoms with Crippen LogP contribution >= 0.6 is 0 Å². The third-order valence-corrected chi connectivity index (χ3v) is 4.61. The van der Waals surface area contributed by atoms with E-state index in [1.54, 1.807) is 12.1 Å². The first-order valence-corrected chi connectivity index (χ1v) is 6.66. The number of hydrogen-bond donors (Lipinski definition) is 1. The van der Waals surface area contributed by atoms with E-state index in [0.717, 1.165) is 6.42 Å². The second kappa shape index (κ2) is 4.03. The fraction of sp³-hybridized carbons (Fsp3) is 0.500. The van der Waals surface area contributed by atoms with E-state index < -0.39 is 10.0 Å². The molecule has 2 rings (SSSR count). The minimum atomic E-state index is -3.51. The SMILES string of the molecule is CC1CCN(S(=O)(=O)c2ncccc2N)C1. The summed E-state index contributed by atoms with van der Waals surface area (Å²) in [5, 5.41) is -0.0240. The molecule has 1 saturated heterocycles. The normalized spacial score (nSPS) is 22.4. The summed E-state index contributed by atoms with van der Waals surface area (Å²) in [4.78, 5) is 3.86. The van der Waals surface area contributed by atoms with Crippen LogP contribution < -0.4 is 5.73 Å². The fourth-order valence-corrected chi connectivity index (χ4v) is 3.45. The first-order chi connectivity index (χ1) is 7.51. The zero-order valence-electron chi connectivity index (χ0n) is 9.13. The summed E-state index contributed by atoms with van der Waals surface area (Å²) in [5.41, 5.74) is 5.85. The summed E-state index contributed by atoms with van der Waals surface area (Å²) in [6.45, 7) is 3.15.